The molecule has 1 fully saturated rings. The molecule has 0 unspecified atom stereocenters. The Kier molecular flexibility index (Phi) is 2.99. The van der Waals surface area contributed by atoms with E-state index in [1.54, 1.807) is 19.1 Å². The van der Waals surface area contributed by atoms with E-state index in [4.69, 9.17) is 4.74 Å². The fraction of sp³-hybridized carbons (Fsp3) is 0.462. The maximum atomic E-state index is 13.7. The Morgan fingerprint density at radius 2 is 2.18 bits per heavy atom. The molecule has 90 valence electrons. The maximum Gasteiger partial charge on any atom is 0.235 e. The first-order valence-corrected chi connectivity index (χ1v) is 5.56. The lowest BCUT2D eigenvalue weighted by Gasteiger charge is -2.37. The number of methoxy groups -OCH3 is 1. The standard InChI is InChI=1S/C13H14FNO2/c1-9-11(14)6-10(7-12(9)17-2)13(15-8-16)4-3-5-13/h6-7H,3-5H2,1-2H3. The molecule has 1 aromatic carbocycles. The van der Waals surface area contributed by atoms with Crippen molar-refractivity contribution >= 4 is 6.08 Å². The molecule has 0 spiro atoms. The third kappa shape index (κ3) is 1.85. The summed E-state index contributed by atoms with van der Waals surface area (Å²) in [4.78, 5) is 14.3. The molecule has 2 rings (SSSR count). The summed E-state index contributed by atoms with van der Waals surface area (Å²) in [6.07, 6.45) is 4.10. The highest BCUT2D eigenvalue weighted by atomic mass is 19.1. The first-order chi connectivity index (χ1) is 8.13. The number of ether oxygens (including phenoxy) is 1. The van der Waals surface area contributed by atoms with Crippen molar-refractivity contribution in [2.75, 3.05) is 7.11 Å². The van der Waals surface area contributed by atoms with Gasteiger partial charge in [0.2, 0.25) is 6.08 Å². The van der Waals surface area contributed by atoms with Crippen molar-refractivity contribution in [2.45, 2.75) is 31.7 Å². The molecule has 1 aliphatic rings. The van der Waals surface area contributed by atoms with Crippen molar-refractivity contribution in [1.82, 2.24) is 0 Å². The zero-order valence-corrected chi connectivity index (χ0v) is 9.92. The van der Waals surface area contributed by atoms with Crippen LogP contribution < -0.4 is 4.74 Å². The molecule has 1 saturated carbocycles. The van der Waals surface area contributed by atoms with Gasteiger partial charge >= 0.3 is 0 Å². The first-order valence-electron chi connectivity index (χ1n) is 5.56. The van der Waals surface area contributed by atoms with Crippen LogP contribution in [0.1, 0.15) is 30.4 Å². The van der Waals surface area contributed by atoms with Crippen molar-refractivity contribution in [3.63, 3.8) is 0 Å². The van der Waals surface area contributed by atoms with Crippen LogP contribution in [0.4, 0.5) is 4.39 Å². The molecule has 0 N–H and O–H groups in total. The van der Waals surface area contributed by atoms with Crippen LogP contribution in [0.25, 0.3) is 0 Å². The Morgan fingerprint density at radius 3 is 2.65 bits per heavy atom. The molecule has 0 amide bonds. The van der Waals surface area contributed by atoms with Gasteiger partial charge in [0, 0.05) is 5.56 Å². The number of hydrogen-bond donors (Lipinski definition) is 0. The van der Waals surface area contributed by atoms with Gasteiger partial charge in [0.25, 0.3) is 0 Å². The third-order valence-electron chi connectivity index (χ3n) is 3.49. The monoisotopic (exact) mass is 235 g/mol. The van der Waals surface area contributed by atoms with E-state index in [2.05, 4.69) is 4.99 Å². The second-order valence-corrected chi connectivity index (χ2v) is 4.37. The molecule has 1 aromatic rings. The van der Waals surface area contributed by atoms with Crippen molar-refractivity contribution in [3.05, 3.63) is 29.1 Å². The van der Waals surface area contributed by atoms with Crippen molar-refractivity contribution in [1.29, 1.82) is 0 Å². The van der Waals surface area contributed by atoms with Crippen LogP contribution in [0.2, 0.25) is 0 Å². The number of isocyanates is 1. The summed E-state index contributed by atoms with van der Waals surface area (Å²) in [5.41, 5.74) is 0.594. The van der Waals surface area contributed by atoms with E-state index in [0.29, 0.717) is 16.9 Å². The normalized spacial score (nSPS) is 16.9. The van der Waals surface area contributed by atoms with E-state index in [1.165, 1.54) is 13.2 Å². The SMILES string of the molecule is COc1cc(C2(N=C=O)CCC2)cc(F)c1C. The molecule has 0 atom stereocenters. The highest BCUT2D eigenvalue weighted by molar-refractivity contribution is 5.44. The highest BCUT2D eigenvalue weighted by Crippen LogP contribution is 2.46. The van der Waals surface area contributed by atoms with Gasteiger partial charge < -0.3 is 4.74 Å². The largest absolute Gasteiger partial charge is 0.496 e. The summed E-state index contributed by atoms with van der Waals surface area (Å²) in [7, 11) is 1.50. The molecule has 0 aromatic heterocycles. The zero-order chi connectivity index (χ0) is 12.5. The third-order valence-corrected chi connectivity index (χ3v) is 3.49. The fourth-order valence-electron chi connectivity index (χ4n) is 2.20. The predicted octanol–water partition coefficient (Wildman–Crippen LogP) is 2.86. The number of halogens is 1. The fourth-order valence-corrected chi connectivity index (χ4v) is 2.20. The Balaban J connectivity index is 2.52. The number of carbonyl (C=O) groups excluding carboxylic acids is 1. The van der Waals surface area contributed by atoms with Crippen LogP contribution in [0.5, 0.6) is 5.75 Å². The van der Waals surface area contributed by atoms with E-state index < -0.39 is 5.54 Å². The summed E-state index contributed by atoms with van der Waals surface area (Å²) < 4.78 is 18.9. The number of hydrogen-bond acceptors (Lipinski definition) is 3. The maximum absolute atomic E-state index is 13.7. The average Bonchev–Trinajstić information content (AvgIpc) is 2.27. The van der Waals surface area contributed by atoms with E-state index >= 15 is 0 Å². The van der Waals surface area contributed by atoms with Crippen LogP contribution in [0.3, 0.4) is 0 Å². The molecule has 0 radical (unpaired) electrons. The van der Waals surface area contributed by atoms with Gasteiger partial charge in [-0.15, -0.1) is 0 Å². The van der Waals surface area contributed by atoms with Gasteiger partial charge in [0.1, 0.15) is 11.6 Å². The molecule has 0 heterocycles. The molecule has 3 nitrogen and oxygen atoms in total. The first kappa shape index (κ1) is 11.8. The topological polar surface area (TPSA) is 38.7 Å². The Morgan fingerprint density at radius 1 is 1.47 bits per heavy atom. The second-order valence-electron chi connectivity index (χ2n) is 4.37. The van der Waals surface area contributed by atoms with Crippen molar-refractivity contribution in [3.8, 4) is 5.75 Å². The molecule has 0 saturated heterocycles. The molecular formula is C13H14FNO2. The van der Waals surface area contributed by atoms with Crippen molar-refractivity contribution < 1.29 is 13.9 Å². The lowest BCUT2D eigenvalue weighted by atomic mass is 9.72. The van der Waals surface area contributed by atoms with Crippen molar-refractivity contribution in [2.24, 2.45) is 4.99 Å². The molecular weight excluding hydrogens is 221 g/mol. The molecule has 17 heavy (non-hydrogen) atoms. The summed E-state index contributed by atoms with van der Waals surface area (Å²) in [6.45, 7) is 1.66. The van der Waals surface area contributed by atoms with Gasteiger partial charge in [-0.05, 0) is 43.9 Å². The Hall–Kier alpha value is -1.67. The summed E-state index contributed by atoms with van der Waals surface area (Å²) in [5, 5.41) is 0. The summed E-state index contributed by atoms with van der Waals surface area (Å²) in [6, 6.07) is 3.20. The minimum Gasteiger partial charge on any atom is -0.496 e. The number of benzene rings is 1. The quantitative estimate of drug-likeness (QED) is 0.597. The summed E-state index contributed by atoms with van der Waals surface area (Å²) >= 11 is 0. The van der Waals surface area contributed by atoms with Gasteiger partial charge in [-0.25, -0.2) is 9.18 Å². The van der Waals surface area contributed by atoms with Crippen LogP contribution in [0.15, 0.2) is 17.1 Å². The lowest BCUT2D eigenvalue weighted by Crippen LogP contribution is -2.32. The Bertz CT molecular complexity index is 488. The minimum absolute atomic E-state index is 0.327. The van der Waals surface area contributed by atoms with E-state index in [0.717, 1.165) is 19.3 Å². The predicted molar refractivity (Wildman–Crippen MR) is 61.3 cm³/mol. The van der Waals surface area contributed by atoms with E-state index in [1.807, 2.05) is 0 Å². The van der Waals surface area contributed by atoms with Gasteiger partial charge in [-0.2, -0.15) is 4.99 Å². The van der Waals surface area contributed by atoms with Crippen LogP contribution in [-0.2, 0) is 10.3 Å². The molecule has 0 aliphatic heterocycles. The lowest BCUT2D eigenvalue weighted by molar-refractivity contribution is 0.254. The number of rotatable bonds is 3. The minimum atomic E-state index is -0.580. The van der Waals surface area contributed by atoms with Crippen LogP contribution in [-0.4, -0.2) is 13.2 Å². The van der Waals surface area contributed by atoms with E-state index in [-0.39, 0.29) is 5.82 Å². The van der Waals surface area contributed by atoms with Gasteiger partial charge in [0.15, 0.2) is 0 Å². The van der Waals surface area contributed by atoms with E-state index in [9.17, 15) is 9.18 Å². The van der Waals surface area contributed by atoms with Gasteiger partial charge in [-0.3, -0.25) is 0 Å². The highest BCUT2D eigenvalue weighted by Gasteiger charge is 2.39. The smallest absolute Gasteiger partial charge is 0.235 e. The molecule has 4 heteroatoms. The zero-order valence-electron chi connectivity index (χ0n) is 9.92. The van der Waals surface area contributed by atoms with Gasteiger partial charge in [-0.1, -0.05) is 0 Å². The van der Waals surface area contributed by atoms with Crippen LogP contribution in [0, 0.1) is 12.7 Å². The molecule has 1 aliphatic carbocycles. The number of aliphatic imine (C=N–C) groups is 1. The second kappa shape index (κ2) is 4.30. The average molecular weight is 235 g/mol. The molecule has 0 bridgehead atoms. The number of nitrogens with zero attached hydrogens (tertiary/aromatic N) is 1. The summed E-state index contributed by atoms with van der Waals surface area (Å²) in [5.74, 6) is 0.166. The van der Waals surface area contributed by atoms with Gasteiger partial charge in [0.05, 0.1) is 12.6 Å². The Labute approximate surface area is 99.3 Å². The van der Waals surface area contributed by atoms with Crippen LogP contribution >= 0.6 is 0 Å².